The van der Waals surface area contributed by atoms with Crippen molar-refractivity contribution in [3.63, 3.8) is 0 Å². The summed E-state index contributed by atoms with van der Waals surface area (Å²) in [4.78, 5) is 40.5. The lowest BCUT2D eigenvalue weighted by Crippen LogP contribution is -2.60. The monoisotopic (exact) mass is 452 g/mol. The van der Waals surface area contributed by atoms with Crippen LogP contribution >= 0.6 is 0 Å². The Kier molecular flexibility index (Phi) is 6.98. The number of nitrogens with one attached hydrogen (secondary N) is 2. The second-order valence-electron chi connectivity index (χ2n) is 8.23. The van der Waals surface area contributed by atoms with Gasteiger partial charge in [0, 0.05) is 37.4 Å². The van der Waals surface area contributed by atoms with E-state index in [1.165, 1.54) is 0 Å². The first-order valence-electron chi connectivity index (χ1n) is 10.5. The van der Waals surface area contributed by atoms with Gasteiger partial charge in [0.15, 0.2) is 5.96 Å². The Morgan fingerprint density at radius 2 is 1.45 bits per heavy atom. The normalized spacial score (nSPS) is 14.4. The SMILES string of the molecule is CC(C)(C(N)=O)N1CCN(C(=O)c2ccc(OC(=O)c3ccc(NC(=N)N)cc3)cc2)CC1. The van der Waals surface area contributed by atoms with Gasteiger partial charge in [-0.2, -0.15) is 0 Å². The van der Waals surface area contributed by atoms with Crippen LogP contribution in [0.4, 0.5) is 5.69 Å². The van der Waals surface area contributed by atoms with Crippen molar-refractivity contribution < 1.29 is 19.1 Å². The summed E-state index contributed by atoms with van der Waals surface area (Å²) in [5.41, 5.74) is 11.4. The molecular weight excluding hydrogens is 424 g/mol. The average Bonchev–Trinajstić information content (AvgIpc) is 2.79. The number of primary amides is 1. The van der Waals surface area contributed by atoms with E-state index in [1.54, 1.807) is 67.3 Å². The quantitative estimate of drug-likeness (QED) is 0.222. The van der Waals surface area contributed by atoms with Crippen LogP contribution in [0, 0.1) is 5.41 Å². The van der Waals surface area contributed by atoms with Crippen LogP contribution < -0.4 is 21.5 Å². The van der Waals surface area contributed by atoms with Crippen LogP contribution in [-0.4, -0.2) is 65.3 Å². The predicted octanol–water partition coefficient (Wildman–Crippen LogP) is 1.23. The molecule has 0 radical (unpaired) electrons. The van der Waals surface area contributed by atoms with Crippen LogP contribution in [0.1, 0.15) is 34.6 Å². The van der Waals surface area contributed by atoms with Crippen molar-refractivity contribution in [3.05, 3.63) is 59.7 Å². The molecule has 0 unspecified atom stereocenters. The molecule has 0 bridgehead atoms. The Labute approximate surface area is 192 Å². The van der Waals surface area contributed by atoms with E-state index in [0.717, 1.165) is 0 Å². The van der Waals surface area contributed by atoms with Crippen molar-refractivity contribution in [2.45, 2.75) is 19.4 Å². The van der Waals surface area contributed by atoms with Gasteiger partial charge < -0.3 is 26.4 Å². The second kappa shape index (κ2) is 9.70. The third-order valence-electron chi connectivity index (χ3n) is 5.67. The minimum absolute atomic E-state index is 0.127. The maximum absolute atomic E-state index is 12.8. The molecule has 2 amide bonds. The van der Waals surface area contributed by atoms with E-state index in [0.29, 0.717) is 48.7 Å². The fourth-order valence-corrected chi connectivity index (χ4v) is 3.48. The number of ether oxygens (including phenoxy) is 1. The van der Waals surface area contributed by atoms with Crippen LogP contribution in [0.3, 0.4) is 0 Å². The molecular formula is C23H28N6O4. The summed E-state index contributed by atoms with van der Waals surface area (Å²) in [6.07, 6.45) is 0. The first-order chi connectivity index (χ1) is 15.6. The summed E-state index contributed by atoms with van der Waals surface area (Å²) in [5.74, 6) is -0.947. The molecule has 1 aliphatic rings. The summed E-state index contributed by atoms with van der Waals surface area (Å²) in [7, 11) is 0. The number of hydrogen-bond acceptors (Lipinski definition) is 6. The molecule has 0 atom stereocenters. The Bertz CT molecular complexity index is 1040. The van der Waals surface area contributed by atoms with Gasteiger partial charge in [-0.15, -0.1) is 0 Å². The number of carbonyl (C=O) groups is 3. The number of nitrogens with zero attached hydrogens (tertiary/aromatic N) is 2. The molecule has 0 saturated carbocycles. The van der Waals surface area contributed by atoms with Gasteiger partial charge in [0.25, 0.3) is 5.91 Å². The maximum Gasteiger partial charge on any atom is 0.343 e. The zero-order valence-electron chi connectivity index (χ0n) is 18.6. The Morgan fingerprint density at radius 1 is 0.909 bits per heavy atom. The van der Waals surface area contributed by atoms with E-state index in [1.807, 2.05) is 4.90 Å². The number of amides is 2. The number of piperazine rings is 1. The lowest BCUT2D eigenvalue weighted by Gasteiger charge is -2.42. The van der Waals surface area contributed by atoms with Crippen molar-refractivity contribution in [1.82, 2.24) is 9.80 Å². The van der Waals surface area contributed by atoms with Crippen LogP contribution in [0.25, 0.3) is 0 Å². The lowest BCUT2D eigenvalue weighted by molar-refractivity contribution is -0.129. The van der Waals surface area contributed by atoms with Gasteiger partial charge in [-0.3, -0.25) is 19.9 Å². The van der Waals surface area contributed by atoms with Crippen molar-refractivity contribution in [2.75, 3.05) is 31.5 Å². The predicted molar refractivity (Wildman–Crippen MR) is 124 cm³/mol. The van der Waals surface area contributed by atoms with E-state index in [4.69, 9.17) is 21.6 Å². The van der Waals surface area contributed by atoms with Gasteiger partial charge in [0.1, 0.15) is 5.75 Å². The molecule has 0 aromatic heterocycles. The zero-order valence-corrected chi connectivity index (χ0v) is 18.6. The number of hydrogen-bond donors (Lipinski definition) is 4. The van der Waals surface area contributed by atoms with Gasteiger partial charge >= 0.3 is 5.97 Å². The summed E-state index contributed by atoms with van der Waals surface area (Å²) >= 11 is 0. The van der Waals surface area contributed by atoms with Crippen molar-refractivity contribution in [2.24, 2.45) is 11.5 Å². The molecule has 174 valence electrons. The number of rotatable bonds is 6. The maximum atomic E-state index is 12.8. The number of nitrogens with two attached hydrogens (primary N) is 2. The van der Waals surface area contributed by atoms with Crippen LogP contribution in [0.2, 0.25) is 0 Å². The van der Waals surface area contributed by atoms with E-state index < -0.39 is 17.4 Å². The molecule has 1 fully saturated rings. The number of carbonyl (C=O) groups excluding carboxylic acids is 3. The van der Waals surface area contributed by atoms with Crippen LogP contribution in [0.15, 0.2) is 48.5 Å². The summed E-state index contributed by atoms with van der Waals surface area (Å²) in [6.45, 7) is 5.64. The first-order valence-corrected chi connectivity index (χ1v) is 10.5. The fraction of sp³-hybridized carbons (Fsp3) is 0.304. The highest BCUT2D eigenvalue weighted by atomic mass is 16.5. The number of benzene rings is 2. The van der Waals surface area contributed by atoms with Gasteiger partial charge in [-0.05, 0) is 62.4 Å². The van der Waals surface area contributed by atoms with E-state index in [9.17, 15) is 14.4 Å². The Balaban J connectivity index is 1.56. The van der Waals surface area contributed by atoms with E-state index in [2.05, 4.69) is 5.32 Å². The summed E-state index contributed by atoms with van der Waals surface area (Å²) < 4.78 is 5.37. The molecule has 33 heavy (non-hydrogen) atoms. The standard InChI is InChI=1S/C23H28N6O4/c1-23(2,21(24)32)29-13-11-28(12-14-29)19(30)15-5-9-18(10-6-15)33-20(31)16-3-7-17(8-4-16)27-22(25)26/h3-10H,11-14H2,1-2H3,(H2,24,32)(H4,25,26,27). The highest BCUT2D eigenvalue weighted by Gasteiger charge is 2.35. The third-order valence-corrected chi connectivity index (χ3v) is 5.67. The second-order valence-corrected chi connectivity index (χ2v) is 8.23. The zero-order chi connectivity index (χ0) is 24.2. The molecule has 10 heteroatoms. The Morgan fingerprint density at radius 3 is 1.97 bits per heavy atom. The number of guanidine groups is 1. The van der Waals surface area contributed by atoms with Gasteiger partial charge in [-0.25, -0.2) is 4.79 Å². The van der Waals surface area contributed by atoms with Crippen molar-refractivity contribution >= 4 is 29.4 Å². The molecule has 6 N–H and O–H groups in total. The fourth-order valence-electron chi connectivity index (χ4n) is 3.48. The smallest absolute Gasteiger partial charge is 0.343 e. The molecule has 3 rings (SSSR count). The summed E-state index contributed by atoms with van der Waals surface area (Å²) in [6, 6.07) is 12.7. The third kappa shape index (κ3) is 5.66. The minimum Gasteiger partial charge on any atom is -0.423 e. The van der Waals surface area contributed by atoms with Crippen molar-refractivity contribution in [3.8, 4) is 5.75 Å². The molecule has 0 spiro atoms. The van der Waals surface area contributed by atoms with E-state index in [-0.39, 0.29) is 11.9 Å². The molecule has 1 heterocycles. The number of esters is 1. The Hall–Kier alpha value is -3.92. The highest BCUT2D eigenvalue weighted by molar-refractivity contribution is 5.95. The number of anilines is 1. The molecule has 0 aliphatic carbocycles. The van der Waals surface area contributed by atoms with Gasteiger partial charge in [-0.1, -0.05) is 0 Å². The van der Waals surface area contributed by atoms with Gasteiger partial charge in [0.2, 0.25) is 5.91 Å². The van der Waals surface area contributed by atoms with Gasteiger partial charge in [0.05, 0.1) is 11.1 Å². The molecule has 1 aliphatic heterocycles. The molecule has 1 saturated heterocycles. The molecule has 2 aromatic carbocycles. The molecule has 10 nitrogen and oxygen atoms in total. The van der Waals surface area contributed by atoms with Crippen LogP contribution in [0.5, 0.6) is 5.75 Å². The summed E-state index contributed by atoms with van der Waals surface area (Å²) in [5, 5.41) is 9.84. The topological polar surface area (TPSA) is 155 Å². The highest BCUT2D eigenvalue weighted by Crippen LogP contribution is 2.20. The lowest BCUT2D eigenvalue weighted by atomic mass is 10.0. The van der Waals surface area contributed by atoms with Crippen molar-refractivity contribution in [1.29, 1.82) is 5.41 Å². The van der Waals surface area contributed by atoms with Crippen LogP contribution in [-0.2, 0) is 4.79 Å². The van der Waals surface area contributed by atoms with E-state index >= 15 is 0 Å². The molecule has 2 aromatic rings. The minimum atomic E-state index is -0.759. The average molecular weight is 453 g/mol. The first kappa shape index (κ1) is 23.7. The largest absolute Gasteiger partial charge is 0.423 e.